The minimum atomic E-state index is 0. The molecule has 0 aliphatic rings. The molecular formula is C20H19IrN-2. The summed E-state index contributed by atoms with van der Waals surface area (Å²) in [5.41, 5.74) is 7.04. The van der Waals surface area contributed by atoms with Gasteiger partial charge in [-0.2, -0.15) is 0 Å². The van der Waals surface area contributed by atoms with E-state index in [4.69, 9.17) is 0 Å². The molecule has 0 N–H and O–H groups in total. The van der Waals surface area contributed by atoms with Crippen LogP contribution in [0.5, 0.6) is 0 Å². The van der Waals surface area contributed by atoms with Crippen LogP contribution in [0.1, 0.15) is 11.1 Å². The van der Waals surface area contributed by atoms with E-state index in [1.165, 1.54) is 22.3 Å². The van der Waals surface area contributed by atoms with Gasteiger partial charge in [0, 0.05) is 26.3 Å². The van der Waals surface area contributed by atoms with Crippen LogP contribution in [-0.4, -0.2) is 4.98 Å². The van der Waals surface area contributed by atoms with Crippen molar-refractivity contribution in [2.75, 3.05) is 0 Å². The van der Waals surface area contributed by atoms with Crippen molar-refractivity contribution in [3.05, 3.63) is 85.4 Å². The van der Waals surface area contributed by atoms with Crippen LogP contribution in [0.25, 0.3) is 22.4 Å². The molecule has 0 saturated heterocycles. The van der Waals surface area contributed by atoms with Crippen LogP contribution < -0.4 is 0 Å². The monoisotopic (exact) mass is 466 g/mol. The Morgan fingerprint density at radius 3 is 2.50 bits per heavy atom. The molecular weight excluding hydrogens is 446 g/mol. The average Bonchev–Trinajstić information content (AvgIpc) is 2.51. The van der Waals surface area contributed by atoms with Crippen LogP contribution in [0.15, 0.2) is 60.8 Å². The standard InChI is InChI=1S/C19H16N.CH3.Ir/c1-14-9-10-15(2)18(12-14)16-6-5-7-17(13-16)19-8-3-4-11-20-19;;/h3-6,8-13H,1-2H3;1H3;/q2*-1;. The maximum Gasteiger partial charge on any atom is 0.0160 e. The second kappa shape index (κ2) is 8.03. The molecule has 3 aromatic rings. The molecule has 2 heteroatoms. The van der Waals surface area contributed by atoms with Gasteiger partial charge in [0.15, 0.2) is 0 Å². The van der Waals surface area contributed by atoms with E-state index in [0.29, 0.717) is 0 Å². The predicted octanol–water partition coefficient (Wildman–Crippen LogP) is 5.28. The van der Waals surface area contributed by atoms with Crippen LogP contribution in [0.4, 0.5) is 0 Å². The second-order valence-electron chi connectivity index (χ2n) is 5.02. The van der Waals surface area contributed by atoms with Crippen LogP contribution in [-0.2, 0) is 20.1 Å². The van der Waals surface area contributed by atoms with Gasteiger partial charge in [0.25, 0.3) is 0 Å². The smallest absolute Gasteiger partial charge is 0.0160 e. The maximum absolute atomic E-state index is 4.39. The van der Waals surface area contributed by atoms with Crippen molar-refractivity contribution in [2.45, 2.75) is 13.8 Å². The fourth-order valence-corrected chi connectivity index (χ4v) is 2.35. The predicted molar refractivity (Wildman–Crippen MR) is 89.8 cm³/mol. The summed E-state index contributed by atoms with van der Waals surface area (Å²) in [6.07, 6.45) is 1.81. The third-order valence-corrected chi connectivity index (χ3v) is 3.45. The van der Waals surface area contributed by atoms with Gasteiger partial charge in [-0.05, 0) is 36.7 Å². The number of hydrogen-bond donors (Lipinski definition) is 0. The number of aromatic nitrogens is 1. The molecule has 0 fully saturated rings. The molecule has 0 bridgehead atoms. The van der Waals surface area contributed by atoms with E-state index in [1.807, 2.05) is 30.5 Å². The first kappa shape index (κ1) is 18.3. The van der Waals surface area contributed by atoms with Crippen LogP contribution in [0.3, 0.4) is 0 Å². The topological polar surface area (TPSA) is 12.9 Å². The first-order valence-electron chi connectivity index (χ1n) is 6.75. The van der Waals surface area contributed by atoms with Crippen molar-refractivity contribution < 1.29 is 20.1 Å². The van der Waals surface area contributed by atoms with E-state index in [1.54, 1.807) is 0 Å². The Bertz CT molecular complexity index is 736. The van der Waals surface area contributed by atoms with Gasteiger partial charge >= 0.3 is 0 Å². The van der Waals surface area contributed by atoms with Crippen molar-refractivity contribution in [3.8, 4) is 22.4 Å². The molecule has 2 aromatic carbocycles. The molecule has 0 unspecified atom stereocenters. The summed E-state index contributed by atoms with van der Waals surface area (Å²) in [4.78, 5) is 4.39. The van der Waals surface area contributed by atoms with Gasteiger partial charge < -0.3 is 12.4 Å². The Balaban J connectivity index is 0.00000121. The zero-order chi connectivity index (χ0) is 13.9. The second-order valence-corrected chi connectivity index (χ2v) is 5.02. The number of nitrogens with zero attached hydrogens (tertiary/aromatic N) is 1. The first-order valence-corrected chi connectivity index (χ1v) is 6.75. The Morgan fingerprint density at radius 1 is 0.955 bits per heavy atom. The number of hydrogen-bond acceptors (Lipinski definition) is 1. The molecule has 1 aromatic heterocycles. The van der Waals surface area contributed by atoms with E-state index in [-0.39, 0.29) is 27.5 Å². The Kier molecular flexibility index (Phi) is 6.67. The Labute approximate surface area is 146 Å². The van der Waals surface area contributed by atoms with E-state index in [9.17, 15) is 0 Å². The van der Waals surface area contributed by atoms with E-state index >= 15 is 0 Å². The maximum atomic E-state index is 4.39. The SMILES string of the molecule is Cc1ccc(C)c(-c2cc[c-]c(-c3ccccn3)c2)c1.[CH3-].[Ir]. The summed E-state index contributed by atoms with van der Waals surface area (Å²) in [6.45, 7) is 4.27. The summed E-state index contributed by atoms with van der Waals surface area (Å²) in [5.74, 6) is 0. The normalized spacial score (nSPS) is 9.55. The van der Waals surface area contributed by atoms with Crippen molar-refractivity contribution in [1.29, 1.82) is 0 Å². The zero-order valence-electron chi connectivity index (χ0n) is 13.1. The quantitative estimate of drug-likeness (QED) is 0.469. The number of pyridine rings is 1. The van der Waals surface area contributed by atoms with Crippen LogP contribution in [0, 0.1) is 27.3 Å². The molecule has 0 amide bonds. The van der Waals surface area contributed by atoms with Gasteiger partial charge in [-0.3, -0.25) is 0 Å². The Morgan fingerprint density at radius 2 is 1.77 bits per heavy atom. The summed E-state index contributed by atoms with van der Waals surface area (Å²) in [5, 5.41) is 0. The molecule has 22 heavy (non-hydrogen) atoms. The van der Waals surface area contributed by atoms with Gasteiger partial charge in [0.1, 0.15) is 0 Å². The fraction of sp³-hybridized carbons (Fsp3) is 0.100. The zero-order valence-corrected chi connectivity index (χ0v) is 15.4. The molecule has 1 heterocycles. The van der Waals surface area contributed by atoms with Crippen molar-refractivity contribution in [1.82, 2.24) is 4.98 Å². The molecule has 0 saturated carbocycles. The summed E-state index contributed by atoms with van der Waals surface area (Å²) < 4.78 is 0. The van der Waals surface area contributed by atoms with Gasteiger partial charge in [-0.15, -0.1) is 35.4 Å². The number of aryl methyl sites for hydroxylation is 2. The van der Waals surface area contributed by atoms with Crippen molar-refractivity contribution >= 4 is 0 Å². The molecule has 0 spiro atoms. The van der Waals surface area contributed by atoms with E-state index in [0.717, 1.165) is 11.3 Å². The molecule has 0 aliphatic heterocycles. The van der Waals surface area contributed by atoms with Crippen LogP contribution >= 0.6 is 0 Å². The number of benzene rings is 2. The van der Waals surface area contributed by atoms with Crippen LogP contribution in [0.2, 0.25) is 0 Å². The van der Waals surface area contributed by atoms with Crippen molar-refractivity contribution in [3.63, 3.8) is 0 Å². The molecule has 0 aliphatic carbocycles. The van der Waals surface area contributed by atoms with Gasteiger partial charge in [-0.1, -0.05) is 35.9 Å². The third-order valence-electron chi connectivity index (χ3n) is 3.45. The average molecular weight is 466 g/mol. The molecule has 1 radical (unpaired) electrons. The molecule has 115 valence electrons. The van der Waals surface area contributed by atoms with Gasteiger partial charge in [0.2, 0.25) is 0 Å². The largest absolute Gasteiger partial charge is 0.358 e. The molecule has 1 nitrogen and oxygen atoms in total. The number of rotatable bonds is 2. The van der Waals surface area contributed by atoms with Crippen molar-refractivity contribution in [2.24, 2.45) is 0 Å². The van der Waals surface area contributed by atoms with Gasteiger partial charge in [0.05, 0.1) is 0 Å². The van der Waals surface area contributed by atoms with Gasteiger partial charge in [-0.25, -0.2) is 0 Å². The minimum Gasteiger partial charge on any atom is -0.358 e. The molecule has 0 atom stereocenters. The fourth-order valence-electron chi connectivity index (χ4n) is 2.35. The first-order chi connectivity index (χ1) is 9.74. The molecule has 3 rings (SSSR count). The Hall–Kier alpha value is -1.76. The third kappa shape index (κ3) is 3.91. The van der Waals surface area contributed by atoms with E-state index in [2.05, 4.69) is 55.2 Å². The van der Waals surface area contributed by atoms with E-state index < -0.39 is 0 Å². The summed E-state index contributed by atoms with van der Waals surface area (Å²) >= 11 is 0. The summed E-state index contributed by atoms with van der Waals surface area (Å²) in [6, 6.07) is 22.0. The summed E-state index contributed by atoms with van der Waals surface area (Å²) in [7, 11) is 0. The minimum absolute atomic E-state index is 0.